The average molecular weight is 279 g/mol. The van der Waals surface area contributed by atoms with Gasteiger partial charge >= 0.3 is 5.97 Å². The molecule has 0 bridgehead atoms. The molecule has 0 aliphatic heterocycles. The van der Waals surface area contributed by atoms with E-state index in [4.69, 9.17) is 9.52 Å². The van der Waals surface area contributed by atoms with Gasteiger partial charge in [0.25, 0.3) is 10.0 Å². The molecule has 1 rings (SSSR count). The zero-order valence-corrected chi connectivity index (χ0v) is 11.0. The molecule has 0 amide bonds. The summed E-state index contributed by atoms with van der Waals surface area (Å²) < 4.78 is 30.6. The van der Waals surface area contributed by atoms with Crippen LogP contribution in [0.15, 0.2) is 21.6 Å². The van der Waals surface area contributed by atoms with Crippen LogP contribution < -0.4 is 4.72 Å². The van der Waals surface area contributed by atoms with Crippen LogP contribution in [0, 0.1) is 0 Å². The van der Waals surface area contributed by atoms with E-state index in [1.807, 2.05) is 6.26 Å². The maximum atomic E-state index is 11.7. The Morgan fingerprint density at radius 3 is 2.71 bits per heavy atom. The number of hydrogen-bond donors (Lipinski definition) is 2. The summed E-state index contributed by atoms with van der Waals surface area (Å²) in [5.41, 5.74) is 0. The lowest BCUT2D eigenvalue weighted by Gasteiger charge is -2.10. The lowest BCUT2D eigenvalue weighted by Crippen LogP contribution is -2.34. The first-order chi connectivity index (χ1) is 7.86. The molecular weight excluding hydrogens is 266 g/mol. The highest BCUT2D eigenvalue weighted by atomic mass is 32.2. The van der Waals surface area contributed by atoms with Crippen LogP contribution in [0.5, 0.6) is 0 Å². The molecule has 0 aromatic carbocycles. The maximum absolute atomic E-state index is 11.7. The number of sulfonamides is 1. The minimum Gasteiger partial charge on any atom is -0.475 e. The van der Waals surface area contributed by atoms with E-state index >= 15 is 0 Å². The van der Waals surface area contributed by atoms with Crippen LogP contribution in [0.1, 0.15) is 17.5 Å². The van der Waals surface area contributed by atoms with Gasteiger partial charge in [0.15, 0.2) is 0 Å². The van der Waals surface area contributed by atoms with Gasteiger partial charge in [0.05, 0.1) is 0 Å². The Morgan fingerprint density at radius 2 is 2.24 bits per heavy atom. The summed E-state index contributed by atoms with van der Waals surface area (Å²) in [7, 11) is -3.79. The number of furan rings is 1. The molecule has 0 aliphatic carbocycles. The van der Waals surface area contributed by atoms with E-state index in [1.54, 1.807) is 6.92 Å². The molecular formula is C9H13NO5S2. The molecule has 1 aromatic heterocycles. The molecule has 1 atom stereocenters. The van der Waals surface area contributed by atoms with E-state index in [0.29, 0.717) is 5.75 Å². The van der Waals surface area contributed by atoms with Crippen molar-refractivity contribution in [1.29, 1.82) is 0 Å². The molecule has 6 nitrogen and oxygen atoms in total. The van der Waals surface area contributed by atoms with Crippen molar-refractivity contribution in [3.8, 4) is 0 Å². The summed E-state index contributed by atoms with van der Waals surface area (Å²) in [5, 5.41) is 8.23. The molecule has 0 spiro atoms. The first-order valence-corrected chi connectivity index (χ1v) is 7.59. The SMILES string of the molecule is CSCC(C)NS(=O)(=O)c1ccc(C(=O)O)o1. The number of rotatable bonds is 6. The van der Waals surface area contributed by atoms with Gasteiger partial charge in [0.2, 0.25) is 10.9 Å². The predicted octanol–water partition coefficient (Wildman–Crippen LogP) is 1.01. The van der Waals surface area contributed by atoms with Gasteiger partial charge in [-0.2, -0.15) is 11.8 Å². The van der Waals surface area contributed by atoms with Crippen LogP contribution >= 0.6 is 11.8 Å². The third-order valence-electron chi connectivity index (χ3n) is 1.83. The molecule has 0 radical (unpaired) electrons. The highest BCUT2D eigenvalue weighted by molar-refractivity contribution is 7.98. The predicted molar refractivity (Wildman–Crippen MR) is 63.8 cm³/mol. The minimum absolute atomic E-state index is 0.256. The molecule has 0 saturated carbocycles. The summed E-state index contributed by atoms with van der Waals surface area (Å²) in [5.74, 6) is -1.09. The third kappa shape index (κ3) is 3.76. The zero-order chi connectivity index (χ0) is 13.1. The van der Waals surface area contributed by atoms with Crippen molar-refractivity contribution < 1.29 is 22.7 Å². The van der Waals surface area contributed by atoms with Crippen molar-refractivity contribution in [3.05, 3.63) is 17.9 Å². The summed E-state index contributed by atoms with van der Waals surface area (Å²) in [6, 6.07) is 1.97. The number of aromatic carboxylic acids is 1. The Balaban J connectivity index is 2.86. The van der Waals surface area contributed by atoms with Gasteiger partial charge in [0.1, 0.15) is 0 Å². The van der Waals surface area contributed by atoms with Crippen molar-refractivity contribution in [2.24, 2.45) is 0 Å². The first kappa shape index (κ1) is 14.1. The fourth-order valence-corrected chi connectivity index (χ4v) is 3.05. The van der Waals surface area contributed by atoms with Gasteiger partial charge in [-0.3, -0.25) is 0 Å². The summed E-state index contributed by atoms with van der Waals surface area (Å²) in [6.45, 7) is 1.72. The van der Waals surface area contributed by atoms with Crippen molar-refractivity contribution in [1.82, 2.24) is 4.72 Å². The molecule has 2 N–H and O–H groups in total. The van der Waals surface area contributed by atoms with E-state index in [1.165, 1.54) is 11.8 Å². The quantitative estimate of drug-likeness (QED) is 0.806. The number of hydrogen-bond acceptors (Lipinski definition) is 5. The standard InChI is InChI=1S/C9H13NO5S2/c1-6(5-16-2)10-17(13,14)8-4-3-7(15-8)9(11)12/h3-4,6,10H,5H2,1-2H3,(H,11,12). The molecule has 17 heavy (non-hydrogen) atoms. The number of thioether (sulfide) groups is 1. The topological polar surface area (TPSA) is 96.6 Å². The van der Waals surface area contributed by atoms with Gasteiger partial charge in [-0.25, -0.2) is 17.9 Å². The molecule has 1 unspecified atom stereocenters. The van der Waals surface area contributed by atoms with E-state index in [0.717, 1.165) is 12.1 Å². The van der Waals surface area contributed by atoms with Gasteiger partial charge in [-0.1, -0.05) is 0 Å². The Bertz CT molecular complexity index is 493. The van der Waals surface area contributed by atoms with E-state index in [2.05, 4.69) is 4.72 Å². The Morgan fingerprint density at radius 1 is 1.59 bits per heavy atom. The zero-order valence-electron chi connectivity index (χ0n) is 9.34. The summed E-state index contributed by atoms with van der Waals surface area (Å²) >= 11 is 1.50. The van der Waals surface area contributed by atoms with E-state index < -0.39 is 21.8 Å². The highest BCUT2D eigenvalue weighted by Gasteiger charge is 2.22. The monoisotopic (exact) mass is 279 g/mol. The van der Waals surface area contributed by atoms with Crippen LogP contribution in [-0.2, 0) is 10.0 Å². The van der Waals surface area contributed by atoms with E-state index in [9.17, 15) is 13.2 Å². The Hall–Kier alpha value is -0.990. The largest absolute Gasteiger partial charge is 0.475 e. The number of carboxylic acids is 1. The fraction of sp³-hybridized carbons (Fsp3) is 0.444. The van der Waals surface area contributed by atoms with Gasteiger partial charge in [-0.15, -0.1) is 0 Å². The second kappa shape index (κ2) is 5.56. The van der Waals surface area contributed by atoms with Crippen LogP contribution in [0.25, 0.3) is 0 Å². The van der Waals surface area contributed by atoms with E-state index in [-0.39, 0.29) is 11.1 Å². The van der Waals surface area contributed by atoms with Gasteiger partial charge < -0.3 is 9.52 Å². The lowest BCUT2D eigenvalue weighted by molar-refractivity contribution is 0.0656. The summed E-state index contributed by atoms with van der Waals surface area (Å²) in [6.07, 6.45) is 1.86. The molecule has 8 heteroatoms. The molecule has 0 fully saturated rings. The van der Waals surface area contributed by atoms with Crippen molar-refractivity contribution in [2.45, 2.75) is 18.1 Å². The lowest BCUT2D eigenvalue weighted by atomic mass is 10.4. The third-order valence-corrected chi connectivity index (χ3v) is 4.13. The molecule has 1 heterocycles. The Kier molecular flexibility index (Phi) is 4.61. The number of carboxylic acid groups (broad SMARTS) is 1. The molecule has 0 aliphatic rings. The number of carbonyl (C=O) groups is 1. The van der Waals surface area contributed by atoms with Crippen molar-refractivity contribution in [2.75, 3.05) is 12.0 Å². The van der Waals surface area contributed by atoms with Gasteiger partial charge in [-0.05, 0) is 25.3 Å². The van der Waals surface area contributed by atoms with Gasteiger partial charge in [0, 0.05) is 11.8 Å². The second-order valence-corrected chi connectivity index (χ2v) is 5.96. The van der Waals surface area contributed by atoms with Crippen molar-refractivity contribution >= 4 is 27.8 Å². The molecule has 0 saturated heterocycles. The number of nitrogens with one attached hydrogen (secondary N) is 1. The second-order valence-electron chi connectivity index (χ2n) is 3.40. The Labute approximate surface area is 103 Å². The minimum atomic E-state index is -3.79. The molecule has 96 valence electrons. The smallest absolute Gasteiger partial charge is 0.371 e. The van der Waals surface area contributed by atoms with Crippen LogP contribution in [0.3, 0.4) is 0 Å². The average Bonchev–Trinajstić information content (AvgIpc) is 2.65. The van der Waals surface area contributed by atoms with Crippen LogP contribution in [-0.4, -0.2) is 37.5 Å². The normalized spacial score (nSPS) is 13.5. The van der Waals surface area contributed by atoms with Crippen molar-refractivity contribution in [3.63, 3.8) is 0 Å². The fourth-order valence-electron chi connectivity index (χ4n) is 1.19. The maximum Gasteiger partial charge on any atom is 0.371 e. The molecule has 1 aromatic rings. The summed E-state index contributed by atoms with van der Waals surface area (Å²) in [4.78, 5) is 10.6. The highest BCUT2D eigenvalue weighted by Crippen LogP contribution is 2.14. The van der Waals surface area contributed by atoms with Crippen LogP contribution in [0.4, 0.5) is 0 Å². The van der Waals surface area contributed by atoms with Crippen LogP contribution in [0.2, 0.25) is 0 Å². The first-order valence-electron chi connectivity index (χ1n) is 4.71.